The second-order valence-electron chi connectivity index (χ2n) is 8.55. The van der Waals surface area contributed by atoms with Gasteiger partial charge in [0.25, 0.3) is 5.91 Å². The zero-order valence-corrected chi connectivity index (χ0v) is 18.6. The summed E-state index contributed by atoms with van der Waals surface area (Å²) in [5.74, 6) is 0.0814. The van der Waals surface area contributed by atoms with Gasteiger partial charge in [-0.05, 0) is 67.9 Å². The lowest BCUT2D eigenvalue weighted by Crippen LogP contribution is -2.24. The number of nitrogens with one attached hydrogen (secondary N) is 1. The maximum atomic E-state index is 12.8. The van der Waals surface area contributed by atoms with Crippen molar-refractivity contribution >= 4 is 23.1 Å². The van der Waals surface area contributed by atoms with Crippen LogP contribution in [0, 0.1) is 6.92 Å². The van der Waals surface area contributed by atoms with Crippen molar-refractivity contribution in [2.75, 3.05) is 23.3 Å². The lowest BCUT2D eigenvalue weighted by atomic mass is 9.89. The molecule has 0 saturated carbocycles. The van der Waals surface area contributed by atoms with Crippen LogP contribution < -0.4 is 10.2 Å². The molecule has 2 aromatic carbocycles. The minimum Gasteiger partial charge on any atom is -0.371 e. The van der Waals surface area contributed by atoms with Crippen LogP contribution in [0.2, 0.25) is 0 Å². The Morgan fingerprint density at radius 1 is 1.12 bits per heavy atom. The van der Waals surface area contributed by atoms with Crippen LogP contribution in [0.1, 0.15) is 53.1 Å². The molecule has 0 bridgehead atoms. The van der Waals surface area contributed by atoms with Crippen molar-refractivity contribution < 1.29 is 9.59 Å². The summed E-state index contributed by atoms with van der Waals surface area (Å²) in [6.07, 6.45) is 10.8. The van der Waals surface area contributed by atoms with E-state index in [1.807, 2.05) is 36.4 Å². The first kappa shape index (κ1) is 21.8. The Kier molecular flexibility index (Phi) is 6.69. The Balaban J connectivity index is 1.58. The van der Waals surface area contributed by atoms with E-state index in [0.717, 1.165) is 49.2 Å². The number of rotatable bonds is 6. The van der Waals surface area contributed by atoms with Gasteiger partial charge in [0, 0.05) is 35.6 Å². The number of benzene rings is 2. The number of para-hydroxylation sites is 1. The maximum absolute atomic E-state index is 12.8. The molecule has 0 spiro atoms. The maximum Gasteiger partial charge on any atom is 0.251 e. The van der Waals surface area contributed by atoms with E-state index < -0.39 is 0 Å². The number of hydrogen-bond acceptors (Lipinski definition) is 3. The van der Waals surface area contributed by atoms with Crippen LogP contribution >= 0.6 is 0 Å². The van der Waals surface area contributed by atoms with E-state index in [2.05, 4.69) is 48.0 Å². The van der Waals surface area contributed by atoms with Gasteiger partial charge >= 0.3 is 0 Å². The molecule has 0 aromatic heterocycles. The molecular weight excluding hydrogens is 396 g/mol. The quantitative estimate of drug-likeness (QED) is 0.458. The molecule has 4 rings (SSSR count). The monoisotopic (exact) mass is 426 g/mol. The molecule has 164 valence electrons. The SMILES string of the molecule is C=CC(=O)c1ccc(C2CCCN(c3ccccc3C)CC2)c(NC(=O)C2=CC=CC2)c1. The Labute approximate surface area is 190 Å². The van der Waals surface area contributed by atoms with Crippen LogP contribution in [0.4, 0.5) is 11.4 Å². The van der Waals surface area contributed by atoms with Crippen molar-refractivity contribution in [3.05, 3.63) is 95.6 Å². The first-order valence-electron chi connectivity index (χ1n) is 11.3. The van der Waals surface area contributed by atoms with Crippen LogP contribution in [0.3, 0.4) is 0 Å². The topological polar surface area (TPSA) is 49.4 Å². The summed E-state index contributed by atoms with van der Waals surface area (Å²) in [5, 5.41) is 3.09. The Morgan fingerprint density at radius 3 is 2.72 bits per heavy atom. The molecule has 1 heterocycles. The standard InChI is InChI=1S/C28H30N2O2/c1-3-27(31)23-14-15-24(25(19-23)29-28(32)22-10-5-6-11-22)21-12-8-17-30(18-16-21)26-13-7-4-9-20(26)2/h3-7,9-10,13-15,19,21H,1,8,11-12,16-18H2,2H3,(H,29,32). The first-order valence-corrected chi connectivity index (χ1v) is 11.3. The molecule has 2 aromatic rings. The lowest BCUT2D eigenvalue weighted by molar-refractivity contribution is -0.112. The minimum absolute atomic E-state index is 0.102. The van der Waals surface area contributed by atoms with Gasteiger partial charge in [0.1, 0.15) is 0 Å². The van der Waals surface area contributed by atoms with Crippen molar-refractivity contribution in [2.24, 2.45) is 0 Å². The summed E-state index contributed by atoms with van der Waals surface area (Å²) in [6.45, 7) is 7.75. The number of aryl methyl sites for hydroxylation is 1. The Bertz CT molecular complexity index is 1100. The zero-order valence-electron chi connectivity index (χ0n) is 18.6. The Morgan fingerprint density at radius 2 is 1.97 bits per heavy atom. The third-order valence-electron chi connectivity index (χ3n) is 6.46. The largest absolute Gasteiger partial charge is 0.371 e. The molecule has 2 aliphatic rings. The lowest BCUT2D eigenvalue weighted by Gasteiger charge is -2.25. The van der Waals surface area contributed by atoms with Gasteiger partial charge in [-0.1, -0.05) is 55.1 Å². The van der Waals surface area contributed by atoms with Crippen molar-refractivity contribution in [3.8, 4) is 0 Å². The van der Waals surface area contributed by atoms with E-state index in [4.69, 9.17) is 0 Å². The summed E-state index contributed by atoms with van der Waals surface area (Å²) >= 11 is 0. The third-order valence-corrected chi connectivity index (χ3v) is 6.46. The third kappa shape index (κ3) is 4.75. The smallest absolute Gasteiger partial charge is 0.251 e. The molecule has 1 amide bonds. The van der Waals surface area contributed by atoms with E-state index in [1.54, 1.807) is 0 Å². The average Bonchev–Trinajstić information content (AvgIpc) is 3.25. The predicted molar refractivity (Wildman–Crippen MR) is 131 cm³/mol. The molecular formula is C28H30N2O2. The molecule has 4 heteroatoms. The molecule has 1 fully saturated rings. The molecule has 1 N–H and O–H groups in total. The number of allylic oxidation sites excluding steroid dienone is 4. The number of hydrogen-bond donors (Lipinski definition) is 1. The van der Waals surface area contributed by atoms with E-state index in [0.29, 0.717) is 17.9 Å². The van der Waals surface area contributed by atoms with Crippen molar-refractivity contribution in [2.45, 2.75) is 38.5 Å². The van der Waals surface area contributed by atoms with Crippen molar-refractivity contribution in [3.63, 3.8) is 0 Å². The van der Waals surface area contributed by atoms with Gasteiger partial charge in [0.05, 0.1) is 0 Å². The normalized spacial score (nSPS) is 18.1. The van der Waals surface area contributed by atoms with Crippen LogP contribution in [0.5, 0.6) is 0 Å². The number of anilines is 2. The highest BCUT2D eigenvalue weighted by Gasteiger charge is 2.23. The molecule has 1 unspecified atom stereocenters. The van der Waals surface area contributed by atoms with Crippen LogP contribution in [0.25, 0.3) is 0 Å². The van der Waals surface area contributed by atoms with Gasteiger partial charge < -0.3 is 10.2 Å². The highest BCUT2D eigenvalue weighted by Crippen LogP contribution is 2.35. The predicted octanol–water partition coefficient (Wildman–Crippen LogP) is 5.96. The summed E-state index contributed by atoms with van der Waals surface area (Å²) in [5.41, 5.74) is 5.73. The zero-order chi connectivity index (χ0) is 22.5. The van der Waals surface area contributed by atoms with Crippen LogP contribution in [-0.4, -0.2) is 24.8 Å². The van der Waals surface area contributed by atoms with Gasteiger partial charge in [-0.2, -0.15) is 0 Å². The van der Waals surface area contributed by atoms with Crippen LogP contribution in [-0.2, 0) is 4.79 Å². The highest BCUT2D eigenvalue weighted by molar-refractivity contribution is 6.08. The van der Waals surface area contributed by atoms with Crippen LogP contribution in [0.15, 0.2) is 78.9 Å². The average molecular weight is 427 g/mol. The molecule has 1 aliphatic heterocycles. The Hall–Kier alpha value is -3.40. The molecule has 1 saturated heterocycles. The van der Waals surface area contributed by atoms with Gasteiger partial charge in [-0.3, -0.25) is 9.59 Å². The van der Waals surface area contributed by atoms with Gasteiger partial charge in [-0.25, -0.2) is 0 Å². The summed E-state index contributed by atoms with van der Waals surface area (Å²) in [4.78, 5) is 27.5. The van der Waals surface area contributed by atoms with E-state index in [-0.39, 0.29) is 11.7 Å². The van der Waals surface area contributed by atoms with E-state index in [9.17, 15) is 9.59 Å². The highest BCUT2D eigenvalue weighted by atomic mass is 16.1. The molecule has 4 nitrogen and oxygen atoms in total. The van der Waals surface area contributed by atoms with Gasteiger partial charge in [0.15, 0.2) is 5.78 Å². The fourth-order valence-corrected chi connectivity index (χ4v) is 4.68. The van der Waals surface area contributed by atoms with Crippen molar-refractivity contribution in [1.82, 2.24) is 0 Å². The van der Waals surface area contributed by atoms with Gasteiger partial charge in [0.2, 0.25) is 0 Å². The second kappa shape index (κ2) is 9.82. The number of carbonyl (C=O) groups is 2. The summed E-state index contributed by atoms with van der Waals surface area (Å²) in [7, 11) is 0. The van der Waals surface area contributed by atoms with Crippen molar-refractivity contribution in [1.29, 1.82) is 0 Å². The van der Waals surface area contributed by atoms with E-state index >= 15 is 0 Å². The molecule has 32 heavy (non-hydrogen) atoms. The van der Waals surface area contributed by atoms with E-state index in [1.165, 1.54) is 17.3 Å². The number of ketones is 1. The number of nitrogens with zero attached hydrogens (tertiary/aromatic N) is 1. The minimum atomic E-state index is -0.139. The molecule has 0 radical (unpaired) electrons. The second-order valence-corrected chi connectivity index (χ2v) is 8.55. The fraction of sp³-hybridized carbons (Fsp3) is 0.286. The molecule has 1 atom stereocenters. The summed E-state index contributed by atoms with van der Waals surface area (Å²) in [6, 6.07) is 14.2. The molecule has 1 aliphatic carbocycles. The number of carbonyl (C=O) groups excluding carboxylic acids is 2. The first-order chi connectivity index (χ1) is 15.6. The number of amides is 1. The summed E-state index contributed by atoms with van der Waals surface area (Å²) < 4.78 is 0. The fourth-order valence-electron chi connectivity index (χ4n) is 4.68. The van der Waals surface area contributed by atoms with Gasteiger partial charge in [-0.15, -0.1) is 0 Å².